The van der Waals surface area contributed by atoms with Crippen LogP contribution in [-0.4, -0.2) is 21.6 Å². The van der Waals surface area contributed by atoms with Gasteiger partial charge < -0.3 is 4.74 Å². The van der Waals surface area contributed by atoms with Gasteiger partial charge in [-0.1, -0.05) is 42.2 Å². The smallest absolute Gasteiger partial charge is 0.250 e. The minimum atomic E-state index is -3.46. The summed E-state index contributed by atoms with van der Waals surface area (Å²) in [6.07, 6.45) is 2.54. The van der Waals surface area contributed by atoms with Gasteiger partial charge in [-0.25, -0.2) is 8.42 Å². The minimum absolute atomic E-state index is 0.0535. The molecule has 1 N–H and O–H groups in total. The zero-order chi connectivity index (χ0) is 16.5. The molecule has 0 atom stereocenters. The van der Waals surface area contributed by atoms with Crippen molar-refractivity contribution in [3.63, 3.8) is 0 Å². The molecule has 0 saturated heterocycles. The number of hydrogen-bond acceptors (Lipinski definition) is 4. The molecule has 0 amide bonds. The van der Waals surface area contributed by atoms with Crippen molar-refractivity contribution in [1.29, 1.82) is 0 Å². The van der Waals surface area contributed by atoms with Gasteiger partial charge in [0.2, 0.25) is 0 Å². The molecule has 0 bridgehead atoms. The van der Waals surface area contributed by atoms with Gasteiger partial charge in [0.05, 0.1) is 6.54 Å². The summed E-state index contributed by atoms with van der Waals surface area (Å²) in [4.78, 5) is 0. The molecule has 1 heterocycles. The van der Waals surface area contributed by atoms with Gasteiger partial charge in [0.1, 0.15) is 16.6 Å². The average molecular weight is 347 g/mol. The van der Waals surface area contributed by atoms with Gasteiger partial charge in [-0.2, -0.15) is 4.72 Å². The Labute approximate surface area is 140 Å². The van der Waals surface area contributed by atoms with E-state index in [0.717, 1.165) is 17.7 Å². The van der Waals surface area contributed by atoms with E-state index in [-0.39, 0.29) is 17.4 Å². The van der Waals surface area contributed by atoms with Gasteiger partial charge in [0, 0.05) is 0 Å². The Bertz CT molecular complexity index is 800. The van der Waals surface area contributed by atoms with Crippen molar-refractivity contribution in [2.24, 2.45) is 0 Å². The van der Waals surface area contributed by atoms with E-state index >= 15 is 0 Å². The second kappa shape index (κ2) is 8.53. The number of sulfonamides is 1. The fourth-order valence-electron chi connectivity index (χ4n) is 1.81. The van der Waals surface area contributed by atoms with Crippen molar-refractivity contribution < 1.29 is 13.2 Å². The first-order chi connectivity index (χ1) is 11.1. The molecule has 1 aromatic carbocycles. The van der Waals surface area contributed by atoms with Crippen molar-refractivity contribution in [3.8, 4) is 17.6 Å². The molecule has 0 aliphatic heterocycles. The molecule has 0 aliphatic rings. The lowest BCUT2D eigenvalue weighted by Crippen LogP contribution is -2.23. The first kappa shape index (κ1) is 17.3. The number of benzene rings is 1. The van der Waals surface area contributed by atoms with Gasteiger partial charge in [0.25, 0.3) is 10.0 Å². The Morgan fingerprint density at radius 1 is 1.22 bits per heavy atom. The summed E-state index contributed by atoms with van der Waals surface area (Å²) in [5.41, 5.74) is 1.04. The van der Waals surface area contributed by atoms with E-state index in [1.54, 1.807) is 17.5 Å². The molecular formula is C17H17NO3S2. The highest BCUT2D eigenvalue weighted by molar-refractivity contribution is 7.91. The summed E-state index contributed by atoms with van der Waals surface area (Å²) in [5, 5.41) is 1.72. The van der Waals surface area contributed by atoms with Gasteiger partial charge in [-0.15, -0.1) is 17.9 Å². The Kier molecular flexibility index (Phi) is 6.41. The van der Waals surface area contributed by atoms with Gasteiger partial charge in [0.15, 0.2) is 0 Å². The molecular weight excluding hydrogens is 330 g/mol. The van der Waals surface area contributed by atoms with E-state index in [1.165, 1.54) is 11.3 Å². The predicted molar refractivity (Wildman–Crippen MR) is 93.1 cm³/mol. The number of ether oxygens (including phenoxy) is 1. The zero-order valence-corrected chi connectivity index (χ0v) is 14.1. The van der Waals surface area contributed by atoms with Crippen LogP contribution in [0.25, 0.3) is 0 Å². The van der Waals surface area contributed by atoms with E-state index in [0.29, 0.717) is 0 Å². The summed E-state index contributed by atoms with van der Waals surface area (Å²) in [6, 6.07) is 10.9. The number of allylic oxidation sites excluding steroid dienone is 1. The molecule has 2 rings (SSSR count). The maximum Gasteiger partial charge on any atom is 0.250 e. The number of nitrogens with one attached hydrogen (secondary N) is 1. The SMILES string of the molecule is C=CCc1ccccc1OCC#CCNS(=O)(=O)c1cccs1. The Morgan fingerprint density at radius 3 is 2.78 bits per heavy atom. The molecule has 2 aromatic rings. The molecule has 0 radical (unpaired) electrons. The molecule has 0 fully saturated rings. The average Bonchev–Trinajstić information content (AvgIpc) is 3.08. The molecule has 0 saturated carbocycles. The number of para-hydroxylation sites is 1. The molecule has 0 spiro atoms. The van der Waals surface area contributed by atoms with Crippen LogP contribution in [0.4, 0.5) is 0 Å². The summed E-state index contributed by atoms with van der Waals surface area (Å²) in [6.45, 7) is 3.97. The van der Waals surface area contributed by atoms with E-state index in [4.69, 9.17) is 4.74 Å². The minimum Gasteiger partial charge on any atom is -0.481 e. The monoisotopic (exact) mass is 347 g/mol. The zero-order valence-electron chi connectivity index (χ0n) is 12.5. The van der Waals surface area contributed by atoms with Gasteiger partial charge in [-0.3, -0.25) is 0 Å². The maximum atomic E-state index is 11.9. The first-order valence-electron chi connectivity index (χ1n) is 6.94. The Balaban J connectivity index is 1.82. The molecule has 4 nitrogen and oxygen atoms in total. The van der Waals surface area contributed by atoms with Crippen LogP contribution < -0.4 is 9.46 Å². The maximum absolute atomic E-state index is 11.9. The van der Waals surface area contributed by atoms with Crippen LogP contribution in [0, 0.1) is 11.8 Å². The fraction of sp³-hybridized carbons (Fsp3) is 0.176. The van der Waals surface area contributed by atoms with Crippen LogP contribution in [-0.2, 0) is 16.4 Å². The predicted octanol–water partition coefficient (Wildman–Crippen LogP) is 2.84. The second-order valence-electron chi connectivity index (χ2n) is 4.50. The molecule has 23 heavy (non-hydrogen) atoms. The fourth-order valence-corrected chi connectivity index (χ4v) is 3.78. The van der Waals surface area contributed by atoms with Crippen LogP contribution in [0.2, 0.25) is 0 Å². The lowest BCUT2D eigenvalue weighted by molar-refractivity contribution is 0.366. The topological polar surface area (TPSA) is 55.4 Å². The van der Waals surface area contributed by atoms with Crippen LogP contribution in [0.1, 0.15) is 5.56 Å². The first-order valence-corrected chi connectivity index (χ1v) is 9.30. The van der Waals surface area contributed by atoms with Crippen LogP contribution in [0.5, 0.6) is 5.75 Å². The third kappa shape index (κ3) is 5.25. The van der Waals surface area contributed by atoms with E-state index < -0.39 is 10.0 Å². The van der Waals surface area contributed by atoms with E-state index in [9.17, 15) is 8.42 Å². The number of thiophene rings is 1. The normalized spacial score (nSPS) is 10.6. The lowest BCUT2D eigenvalue weighted by atomic mass is 10.1. The molecule has 0 aliphatic carbocycles. The van der Waals surface area contributed by atoms with Crippen LogP contribution >= 0.6 is 11.3 Å². The summed E-state index contributed by atoms with van der Waals surface area (Å²) in [7, 11) is -3.46. The van der Waals surface area contributed by atoms with Crippen molar-refractivity contribution in [1.82, 2.24) is 4.72 Å². The second-order valence-corrected chi connectivity index (χ2v) is 7.44. The molecule has 6 heteroatoms. The number of hydrogen-bond donors (Lipinski definition) is 1. The lowest BCUT2D eigenvalue weighted by Gasteiger charge is -2.07. The van der Waals surface area contributed by atoms with Crippen LogP contribution in [0.3, 0.4) is 0 Å². The van der Waals surface area contributed by atoms with Crippen molar-refractivity contribution in [2.45, 2.75) is 10.6 Å². The van der Waals surface area contributed by atoms with Gasteiger partial charge >= 0.3 is 0 Å². The van der Waals surface area contributed by atoms with Crippen molar-refractivity contribution in [2.75, 3.05) is 13.2 Å². The standard InChI is InChI=1S/C17H17NO3S2/c1-2-8-15-9-3-4-10-16(15)21-13-6-5-12-18-23(19,20)17-11-7-14-22-17/h2-4,7,9-11,14,18H,1,8,12-13H2. The molecule has 1 aromatic heterocycles. The highest BCUT2D eigenvalue weighted by Gasteiger charge is 2.12. The van der Waals surface area contributed by atoms with Crippen molar-refractivity contribution >= 4 is 21.4 Å². The largest absolute Gasteiger partial charge is 0.481 e. The van der Waals surface area contributed by atoms with E-state index in [2.05, 4.69) is 23.1 Å². The highest BCUT2D eigenvalue weighted by atomic mass is 32.2. The quantitative estimate of drug-likeness (QED) is 0.619. The Hall–Kier alpha value is -2.07. The van der Waals surface area contributed by atoms with Crippen LogP contribution in [0.15, 0.2) is 58.6 Å². The summed E-state index contributed by atoms with van der Waals surface area (Å²) >= 11 is 1.17. The third-order valence-corrected chi connectivity index (χ3v) is 5.67. The Morgan fingerprint density at radius 2 is 2.04 bits per heavy atom. The summed E-state index contributed by atoms with van der Waals surface area (Å²) in [5.74, 6) is 6.31. The molecule has 120 valence electrons. The highest BCUT2D eigenvalue weighted by Crippen LogP contribution is 2.18. The van der Waals surface area contributed by atoms with Gasteiger partial charge in [-0.05, 0) is 29.5 Å². The van der Waals surface area contributed by atoms with E-state index in [1.807, 2.05) is 30.3 Å². The summed E-state index contributed by atoms with van der Waals surface area (Å²) < 4.78 is 32.0. The number of rotatable bonds is 7. The third-order valence-electron chi connectivity index (χ3n) is 2.87. The van der Waals surface area contributed by atoms with Crippen molar-refractivity contribution in [3.05, 3.63) is 60.0 Å². The molecule has 0 unspecified atom stereocenters.